The molecule has 0 spiro atoms. The molecule has 5 heteroatoms. The molecule has 1 aliphatic rings. The van der Waals surface area contributed by atoms with Crippen molar-refractivity contribution in [2.24, 2.45) is 5.92 Å². The highest BCUT2D eigenvalue weighted by atomic mass is 32.2. The van der Waals surface area contributed by atoms with Crippen LogP contribution >= 0.6 is 11.8 Å². The molecule has 0 aliphatic carbocycles. The predicted molar refractivity (Wildman–Crippen MR) is 92.0 cm³/mol. The largest absolute Gasteiger partial charge is 0.324 e. The molecule has 0 saturated carbocycles. The van der Waals surface area contributed by atoms with Crippen molar-refractivity contribution in [1.29, 1.82) is 0 Å². The van der Waals surface area contributed by atoms with Gasteiger partial charge >= 0.3 is 0 Å². The van der Waals surface area contributed by atoms with E-state index >= 15 is 0 Å². The summed E-state index contributed by atoms with van der Waals surface area (Å²) in [5.74, 6) is 1.22. The highest BCUT2D eigenvalue weighted by Gasteiger charge is 2.36. The van der Waals surface area contributed by atoms with E-state index in [0.29, 0.717) is 11.6 Å². The van der Waals surface area contributed by atoms with Gasteiger partial charge in [0.05, 0.1) is 5.88 Å². The number of nitrogens with one attached hydrogen (secondary N) is 1. The van der Waals surface area contributed by atoms with E-state index in [4.69, 9.17) is 0 Å². The first-order valence-electron chi connectivity index (χ1n) is 7.70. The third-order valence-electron chi connectivity index (χ3n) is 4.28. The number of aryl methyl sites for hydroxylation is 2. The van der Waals surface area contributed by atoms with Gasteiger partial charge in [-0.05, 0) is 43.5 Å². The van der Waals surface area contributed by atoms with Crippen molar-refractivity contribution < 1.29 is 9.59 Å². The van der Waals surface area contributed by atoms with E-state index in [1.165, 1.54) is 5.56 Å². The fraction of sp³-hybridized carbons (Fsp3) is 0.529. The Bertz CT molecular complexity index is 574. The minimum atomic E-state index is -0.367. The third-order valence-corrected chi connectivity index (χ3v) is 5.29. The monoisotopic (exact) mass is 320 g/mol. The van der Waals surface area contributed by atoms with E-state index in [1.54, 1.807) is 16.7 Å². The first-order valence-corrected chi connectivity index (χ1v) is 8.85. The Morgan fingerprint density at radius 2 is 2.09 bits per heavy atom. The summed E-state index contributed by atoms with van der Waals surface area (Å²) in [7, 11) is 0. The van der Waals surface area contributed by atoms with E-state index < -0.39 is 0 Å². The molecule has 120 valence electrons. The van der Waals surface area contributed by atoms with E-state index in [0.717, 1.165) is 17.7 Å². The fourth-order valence-corrected chi connectivity index (χ4v) is 3.54. The molecule has 4 nitrogen and oxygen atoms in total. The Hall–Kier alpha value is -1.49. The molecule has 0 aromatic heterocycles. The van der Waals surface area contributed by atoms with Crippen LogP contribution in [-0.4, -0.2) is 34.4 Å². The zero-order valence-electron chi connectivity index (χ0n) is 13.7. The molecule has 2 atom stereocenters. The van der Waals surface area contributed by atoms with Gasteiger partial charge in [0.25, 0.3) is 0 Å². The Morgan fingerprint density at radius 3 is 2.73 bits per heavy atom. The second-order valence-corrected chi connectivity index (χ2v) is 6.92. The molecular weight excluding hydrogens is 296 g/mol. The number of hydrogen-bond acceptors (Lipinski definition) is 3. The number of rotatable bonds is 4. The van der Waals surface area contributed by atoms with Gasteiger partial charge in [0, 0.05) is 17.4 Å². The minimum Gasteiger partial charge on any atom is -0.324 e. The summed E-state index contributed by atoms with van der Waals surface area (Å²) in [4.78, 5) is 26.6. The summed E-state index contributed by atoms with van der Waals surface area (Å²) >= 11 is 1.64. The van der Waals surface area contributed by atoms with Crippen molar-refractivity contribution in [2.45, 2.75) is 40.2 Å². The van der Waals surface area contributed by atoms with Crippen LogP contribution in [-0.2, 0) is 9.59 Å². The summed E-state index contributed by atoms with van der Waals surface area (Å²) in [5, 5.41) is 2.95. The van der Waals surface area contributed by atoms with Gasteiger partial charge in [0.1, 0.15) is 6.04 Å². The summed E-state index contributed by atoms with van der Waals surface area (Å²) in [6.45, 7) is 7.98. The minimum absolute atomic E-state index is 0.0318. The van der Waals surface area contributed by atoms with E-state index in [9.17, 15) is 9.59 Å². The lowest BCUT2D eigenvalue weighted by atomic mass is 10.1. The Balaban J connectivity index is 2.07. The third kappa shape index (κ3) is 3.64. The average molecular weight is 320 g/mol. The number of carbonyl (C=O) groups is 2. The zero-order valence-corrected chi connectivity index (χ0v) is 14.5. The Morgan fingerprint density at radius 1 is 1.36 bits per heavy atom. The smallest absolute Gasteiger partial charge is 0.248 e. The molecule has 1 aromatic carbocycles. The van der Waals surface area contributed by atoms with Gasteiger partial charge in [-0.15, -0.1) is 11.8 Å². The number of anilines is 1. The first-order chi connectivity index (χ1) is 10.4. The van der Waals surface area contributed by atoms with Crippen molar-refractivity contribution >= 4 is 29.3 Å². The summed E-state index contributed by atoms with van der Waals surface area (Å²) < 4.78 is 0. The van der Waals surface area contributed by atoms with Gasteiger partial charge in [-0.3, -0.25) is 9.59 Å². The topological polar surface area (TPSA) is 49.4 Å². The van der Waals surface area contributed by atoms with E-state index in [2.05, 4.69) is 5.32 Å². The number of benzene rings is 1. The maximum atomic E-state index is 12.5. The molecule has 2 amide bonds. The van der Waals surface area contributed by atoms with Crippen LogP contribution in [0.2, 0.25) is 0 Å². The average Bonchev–Trinajstić information content (AvgIpc) is 2.99. The number of thioether (sulfide) groups is 1. The predicted octanol–water partition coefficient (Wildman–Crippen LogP) is 3.19. The summed E-state index contributed by atoms with van der Waals surface area (Å²) in [6, 6.07) is 5.50. The van der Waals surface area contributed by atoms with Crippen molar-refractivity contribution in [3.63, 3.8) is 0 Å². The molecule has 1 fully saturated rings. The van der Waals surface area contributed by atoms with Gasteiger partial charge in [-0.2, -0.15) is 0 Å². The SMILES string of the molecule is CCC(C)C(=O)N1CSCC1C(=O)Nc1ccc(C)c(C)c1. The van der Waals surface area contributed by atoms with Gasteiger partial charge in [-0.25, -0.2) is 0 Å². The molecule has 0 radical (unpaired) electrons. The van der Waals surface area contributed by atoms with E-state index in [1.807, 2.05) is 45.9 Å². The number of carbonyl (C=O) groups excluding carboxylic acids is 2. The molecule has 0 bridgehead atoms. The van der Waals surface area contributed by atoms with Crippen LogP contribution in [0.4, 0.5) is 5.69 Å². The molecule has 2 unspecified atom stereocenters. The number of hydrogen-bond donors (Lipinski definition) is 1. The Kier molecular flexibility index (Phi) is 5.51. The van der Waals surface area contributed by atoms with Crippen LogP contribution in [0.25, 0.3) is 0 Å². The van der Waals surface area contributed by atoms with Gasteiger partial charge in [-0.1, -0.05) is 19.9 Å². The highest BCUT2D eigenvalue weighted by molar-refractivity contribution is 7.99. The first kappa shape index (κ1) is 16.9. The maximum Gasteiger partial charge on any atom is 0.248 e. The summed E-state index contributed by atoms with van der Waals surface area (Å²) in [5.41, 5.74) is 3.13. The van der Waals surface area contributed by atoms with Gasteiger partial charge < -0.3 is 10.2 Å². The normalized spacial score (nSPS) is 19.1. The molecule has 1 heterocycles. The summed E-state index contributed by atoms with van der Waals surface area (Å²) in [6.07, 6.45) is 0.797. The fourth-order valence-electron chi connectivity index (χ4n) is 2.38. The van der Waals surface area contributed by atoms with Crippen LogP contribution in [0.15, 0.2) is 18.2 Å². The molecule has 1 N–H and O–H groups in total. The van der Waals surface area contributed by atoms with Crippen LogP contribution in [0.5, 0.6) is 0 Å². The molecule has 22 heavy (non-hydrogen) atoms. The molecule has 1 aromatic rings. The lowest BCUT2D eigenvalue weighted by molar-refractivity contribution is -0.139. The van der Waals surface area contributed by atoms with Crippen molar-refractivity contribution in [3.05, 3.63) is 29.3 Å². The lowest BCUT2D eigenvalue weighted by Crippen LogP contribution is -2.46. The van der Waals surface area contributed by atoms with Crippen molar-refractivity contribution in [2.75, 3.05) is 16.9 Å². The number of amides is 2. The van der Waals surface area contributed by atoms with Crippen molar-refractivity contribution in [1.82, 2.24) is 4.90 Å². The zero-order chi connectivity index (χ0) is 16.3. The lowest BCUT2D eigenvalue weighted by Gasteiger charge is -2.25. The number of nitrogens with zero attached hydrogens (tertiary/aromatic N) is 1. The van der Waals surface area contributed by atoms with Gasteiger partial charge in [0.2, 0.25) is 11.8 Å². The van der Waals surface area contributed by atoms with Crippen LogP contribution in [0, 0.1) is 19.8 Å². The van der Waals surface area contributed by atoms with Crippen LogP contribution in [0.1, 0.15) is 31.4 Å². The Labute approximate surface area is 136 Å². The van der Waals surface area contributed by atoms with Crippen LogP contribution in [0.3, 0.4) is 0 Å². The second-order valence-electron chi connectivity index (χ2n) is 5.92. The molecular formula is C17H24N2O2S. The maximum absolute atomic E-state index is 12.5. The van der Waals surface area contributed by atoms with Gasteiger partial charge in [0.15, 0.2) is 0 Å². The standard InChI is InChI=1S/C17H24N2O2S/c1-5-11(2)17(21)19-10-22-9-15(19)16(20)18-14-7-6-12(3)13(4)8-14/h6-8,11,15H,5,9-10H2,1-4H3,(H,18,20). The van der Waals surface area contributed by atoms with Crippen LogP contribution < -0.4 is 5.32 Å². The molecule has 1 aliphatic heterocycles. The second kappa shape index (κ2) is 7.18. The molecule has 1 saturated heterocycles. The molecule has 2 rings (SSSR count). The van der Waals surface area contributed by atoms with Crippen molar-refractivity contribution in [3.8, 4) is 0 Å². The van der Waals surface area contributed by atoms with E-state index in [-0.39, 0.29) is 23.8 Å². The quantitative estimate of drug-likeness (QED) is 0.927. The highest BCUT2D eigenvalue weighted by Crippen LogP contribution is 2.25.